The third-order valence-electron chi connectivity index (χ3n) is 2.07. The molecule has 8 heteroatoms. The monoisotopic (exact) mass is 276 g/mol. The molecule has 0 atom stereocenters. The van der Waals surface area contributed by atoms with E-state index in [0.717, 1.165) is 5.03 Å². The quantitative estimate of drug-likeness (QED) is 0.602. The summed E-state index contributed by atoms with van der Waals surface area (Å²) < 4.78 is 24.2. The van der Waals surface area contributed by atoms with Crippen molar-refractivity contribution < 1.29 is 8.42 Å². The predicted molar refractivity (Wildman–Crippen MR) is 69.8 cm³/mol. The highest BCUT2D eigenvalue weighted by Gasteiger charge is 2.12. The molecule has 1 N–H and O–H groups in total. The van der Waals surface area contributed by atoms with Crippen LogP contribution in [0.4, 0.5) is 5.82 Å². The van der Waals surface area contributed by atoms with Crippen molar-refractivity contribution in [1.82, 2.24) is 14.3 Å². The average Bonchev–Trinajstić information content (AvgIpc) is 2.29. The lowest BCUT2D eigenvalue weighted by molar-refractivity contribution is 0.521. The molecule has 0 aliphatic carbocycles. The van der Waals surface area contributed by atoms with Crippen molar-refractivity contribution in [1.29, 1.82) is 0 Å². The van der Waals surface area contributed by atoms with Crippen LogP contribution in [-0.2, 0) is 10.0 Å². The summed E-state index contributed by atoms with van der Waals surface area (Å²) >= 11 is 1.51. The van der Waals surface area contributed by atoms with Crippen molar-refractivity contribution in [3.8, 4) is 0 Å². The lowest BCUT2D eigenvalue weighted by atomic mass is 10.5. The molecular weight excluding hydrogens is 260 g/mol. The van der Waals surface area contributed by atoms with Gasteiger partial charge in [0.2, 0.25) is 10.0 Å². The Balaban J connectivity index is 2.51. The van der Waals surface area contributed by atoms with Crippen LogP contribution in [0, 0.1) is 0 Å². The van der Waals surface area contributed by atoms with Crippen LogP contribution in [0.15, 0.2) is 17.4 Å². The Hall–Kier alpha value is -0.860. The van der Waals surface area contributed by atoms with E-state index in [4.69, 9.17) is 0 Å². The maximum Gasteiger partial charge on any atom is 0.215 e. The summed E-state index contributed by atoms with van der Waals surface area (Å²) in [6, 6.07) is 1.78. The van der Waals surface area contributed by atoms with E-state index >= 15 is 0 Å². The Kier molecular flexibility index (Phi) is 5.16. The number of thioether (sulfide) groups is 1. The number of aromatic nitrogens is 2. The normalized spacial score (nSPS) is 11.8. The minimum atomic E-state index is -3.16. The summed E-state index contributed by atoms with van der Waals surface area (Å²) in [5, 5.41) is 3.81. The third kappa shape index (κ3) is 4.49. The fourth-order valence-corrected chi connectivity index (χ4v) is 2.15. The highest BCUT2D eigenvalue weighted by Crippen LogP contribution is 2.13. The van der Waals surface area contributed by atoms with Crippen LogP contribution in [0.1, 0.15) is 0 Å². The van der Waals surface area contributed by atoms with E-state index in [9.17, 15) is 8.42 Å². The van der Waals surface area contributed by atoms with Gasteiger partial charge in [-0.1, -0.05) is 0 Å². The average molecular weight is 276 g/mol. The first-order valence-electron chi connectivity index (χ1n) is 4.96. The first-order valence-corrected chi connectivity index (χ1v) is 7.79. The molecule has 0 saturated heterocycles. The van der Waals surface area contributed by atoms with Gasteiger partial charge in [0.1, 0.15) is 17.2 Å². The molecule has 0 aromatic carbocycles. The molecule has 0 unspecified atom stereocenters. The number of nitrogens with zero attached hydrogens (tertiary/aromatic N) is 3. The van der Waals surface area contributed by atoms with Gasteiger partial charge in [-0.05, 0) is 6.26 Å². The maximum absolute atomic E-state index is 11.5. The summed E-state index contributed by atoms with van der Waals surface area (Å²) in [6.45, 7) is 0.325. The minimum absolute atomic E-state index is 0.0403. The molecule has 1 aromatic heterocycles. The van der Waals surface area contributed by atoms with Gasteiger partial charge in [-0.15, -0.1) is 11.8 Å². The van der Waals surface area contributed by atoms with Gasteiger partial charge in [0, 0.05) is 26.7 Å². The zero-order valence-corrected chi connectivity index (χ0v) is 11.7. The summed E-state index contributed by atoms with van der Waals surface area (Å²) in [6.07, 6.45) is 3.37. The van der Waals surface area contributed by atoms with E-state index in [1.54, 1.807) is 6.07 Å². The SMILES string of the molecule is CSc1cc(NCCS(=O)(=O)N(C)C)ncn1. The standard InChI is InChI=1S/C9H16N4O2S2/c1-13(2)17(14,15)5-4-10-8-6-9(16-3)12-7-11-8/h6-7H,4-5H2,1-3H3,(H,10,11,12). The molecule has 1 heterocycles. The molecule has 0 amide bonds. The van der Waals surface area contributed by atoms with Crippen LogP contribution in [0.2, 0.25) is 0 Å². The highest BCUT2D eigenvalue weighted by molar-refractivity contribution is 7.98. The second-order valence-electron chi connectivity index (χ2n) is 3.47. The van der Waals surface area contributed by atoms with E-state index in [-0.39, 0.29) is 5.75 Å². The topological polar surface area (TPSA) is 75.2 Å². The van der Waals surface area contributed by atoms with Gasteiger partial charge in [0.05, 0.1) is 5.75 Å². The fraction of sp³-hybridized carbons (Fsp3) is 0.556. The lowest BCUT2D eigenvalue weighted by Gasteiger charge is -2.11. The van der Waals surface area contributed by atoms with E-state index in [1.807, 2.05) is 6.26 Å². The number of hydrogen-bond acceptors (Lipinski definition) is 6. The van der Waals surface area contributed by atoms with Crippen molar-refractivity contribution >= 4 is 27.6 Å². The number of hydrogen-bond donors (Lipinski definition) is 1. The van der Waals surface area contributed by atoms with Gasteiger partial charge >= 0.3 is 0 Å². The highest BCUT2D eigenvalue weighted by atomic mass is 32.2. The third-order valence-corrected chi connectivity index (χ3v) is 4.55. The smallest absolute Gasteiger partial charge is 0.215 e. The number of rotatable bonds is 6. The van der Waals surface area contributed by atoms with Gasteiger partial charge in [0.15, 0.2) is 0 Å². The van der Waals surface area contributed by atoms with Crippen LogP contribution in [0.25, 0.3) is 0 Å². The Bertz CT molecular complexity index is 462. The molecule has 0 spiro atoms. The molecule has 0 radical (unpaired) electrons. The van der Waals surface area contributed by atoms with E-state index < -0.39 is 10.0 Å². The number of nitrogens with one attached hydrogen (secondary N) is 1. The van der Waals surface area contributed by atoms with E-state index in [0.29, 0.717) is 12.4 Å². The fourth-order valence-electron chi connectivity index (χ4n) is 1.04. The second-order valence-corrected chi connectivity index (χ2v) is 6.60. The molecule has 0 saturated carbocycles. The zero-order chi connectivity index (χ0) is 12.9. The van der Waals surface area contributed by atoms with Crippen molar-refractivity contribution in [3.05, 3.63) is 12.4 Å². The molecule has 0 fully saturated rings. The van der Waals surface area contributed by atoms with Crippen molar-refractivity contribution in [2.24, 2.45) is 0 Å². The van der Waals surface area contributed by atoms with Crippen LogP contribution in [-0.4, -0.2) is 55.3 Å². The van der Waals surface area contributed by atoms with Gasteiger partial charge in [-0.2, -0.15) is 0 Å². The molecule has 1 aromatic rings. The number of anilines is 1. The van der Waals surface area contributed by atoms with Crippen molar-refractivity contribution in [3.63, 3.8) is 0 Å². The van der Waals surface area contributed by atoms with Crippen LogP contribution >= 0.6 is 11.8 Å². The minimum Gasteiger partial charge on any atom is -0.369 e. The molecule has 17 heavy (non-hydrogen) atoms. The Morgan fingerprint density at radius 1 is 1.41 bits per heavy atom. The van der Waals surface area contributed by atoms with Crippen molar-refractivity contribution in [2.75, 3.05) is 38.0 Å². The molecule has 0 aliphatic rings. The van der Waals surface area contributed by atoms with Gasteiger partial charge in [0.25, 0.3) is 0 Å². The van der Waals surface area contributed by atoms with Crippen LogP contribution < -0.4 is 5.32 Å². The number of sulfonamides is 1. The maximum atomic E-state index is 11.5. The largest absolute Gasteiger partial charge is 0.369 e. The predicted octanol–water partition coefficient (Wildman–Crippen LogP) is 0.502. The van der Waals surface area contributed by atoms with Gasteiger partial charge in [-0.25, -0.2) is 22.7 Å². The Morgan fingerprint density at radius 3 is 2.71 bits per heavy atom. The summed E-state index contributed by atoms with van der Waals surface area (Å²) in [5.41, 5.74) is 0. The Labute approximate surface area is 106 Å². The first-order chi connectivity index (χ1) is 7.95. The lowest BCUT2D eigenvalue weighted by Crippen LogP contribution is -2.28. The van der Waals surface area contributed by atoms with Gasteiger partial charge in [-0.3, -0.25) is 0 Å². The zero-order valence-electron chi connectivity index (χ0n) is 10.0. The van der Waals surface area contributed by atoms with Crippen LogP contribution in [0.5, 0.6) is 0 Å². The molecule has 0 bridgehead atoms. The molecule has 96 valence electrons. The van der Waals surface area contributed by atoms with Crippen LogP contribution in [0.3, 0.4) is 0 Å². The second kappa shape index (κ2) is 6.18. The summed E-state index contributed by atoms with van der Waals surface area (Å²) in [4.78, 5) is 8.04. The molecular formula is C9H16N4O2S2. The van der Waals surface area contributed by atoms with E-state index in [2.05, 4.69) is 15.3 Å². The van der Waals surface area contributed by atoms with Crippen molar-refractivity contribution in [2.45, 2.75) is 5.03 Å². The summed E-state index contributed by atoms with van der Waals surface area (Å²) in [5.74, 6) is 0.678. The molecule has 1 rings (SSSR count). The Morgan fingerprint density at radius 2 is 2.12 bits per heavy atom. The van der Waals surface area contributed by atoms with Gasteiger partial charge < -0.3 is 5.32 Å². The first kappa shape index (κ1) is 14.2. The summed E-state index contributed by atoms with van der Waals surface area (Å²) in [7, 11) is -0.122. The molecule has 0 aliphatic heterocycles. The molecule has 6 nitrogen and oxygen atoms in total. The van der Waals surface area contributed by atoms with E-state index in [1.165, 1.54) is 36.5 Å².